The molecule has 0 aliphatic rings. The van der Waals surface area contributed by atoms with Crippen LogP contribution in [0.25, 0.3) is 0 Å². The van der Waals surface area contributed by atoms with E-state index < -0.39 is 11.9 Å². The molecule has 0 saturated heterocycles. The van der Waals surface area contributed by atoms with Crippen molar-refractivity contribution in [3.05, 3.63) is 36.5 Å². The summed E-state index contributed by atoms with van der Waals surface area (Å²) in [6.45, 7) is 8.18. The Kier molecular flexibility index (Phi) is 5.73. The lowest BCUT2D eigenvalue weighted by Crippen LogP contribution is -2.08. The summed E-state index contributed by atoms with van der Waals surface area (Å²) >= 11 is 0. The van der Waals surface area contributed by atoms with Crippen LogP contribution in [0.1, 0.15) is 6.92 Å². The molecule has 15 heavy (non-hydrogen) atoms. The molecule has 0 aliphatic carbocycles. The number of hydrogen-bond acceptors (Lipinski definition) is 5. The number of hydrogen-bond donors (Lipinski definition) is 1. The minimum Gasteiger partial charge on any atom is -0.458 e. The van der Waals surface area contributed by atoms with Crippen LogP contribution < -0.4 is 0 Å². The monoisotopic (exact) mass is 212 g/mol. The molecule has 0 saturated carbocycles. The van der Waals surface area contributed by atoms with Gasteiger partial charge < -0.3 is 4.74 Å². The maximum atomic E-state index is 11.1. The van der Waals surface area contributed by atoms with Gasteiger partial charge in [-0.3, -0.25) is 4.89 Å². The number of carbonyl (C=O) groups is 2. The van der Waals surface area contributed by atoms with E-state index in [0.29, 0.717) is 0 Å². The van der Waals surface area contributed by atoms with Crippen molar-refractivity contribution in [2.45, 2.75) is 6.92 Å². The lowest BCUT2D eigenvalue weighted by molar-refractivity contribution is -0.229. The van der Waals surface area contributed by atoms with Crippen molar-refractivity contribution in [1.82, 2.24) is 0 Å². The highest BCUT2D eigenvalue weighted by Crippen LogP contribution is 2.04. The maximum absolute atomic E-state index is 11.1. The van der Waals surface area contributed by atoms with Gasteiger partial charge in [0.05, 0.1) is 5.57 Å². The molecule has 0 aromatic heterocycles. The van der Waals surface area contributed by atoms with Crippen molar-refractivity contribution in [3.8, 4) is 0 Å². The van der Waals surface area contributed by atoms with E-state index in [2.05, 4.69) is 22.8 Å². The van der Waals surface area contributed by atoms with Gasteiger partial charge in [-0.15, -0.1) is 0 Å². The quantitative estimate of drug-likeness (QED) is 0.185. The summed E-state index contributed by atoms with van der Waals surface area (Å²) in [5, 5.41) is 8.05. The third-order valence-electron chi connectivity index (χ3n) is 1.39. The van der Waals surface area contributed by atoms with Crippen LogP contribution in [0.4, 0.5) is 0 Å². The third-order valence-corrected chi connectivity index (χ3v) is 1.39. The first kappa shape index (κ1) is 13.1. The fourth-order valence-corrected chi connectivity index (χ4v) is 0.679. The molecule has 0 fully saturated rings. The highest BCUT2D eigenvalue weighted by molar-refractivity contribution is 5.95. The number of ether oxygens (including phenoxy) is 1. The van der Waals surface area contributed by atoms with Gasteiger partial charge in [-0.1, -0.05) is 19.2 Å². The van der Waals surface area contributed by atoms with Crippen LogP contribution in [-0.2, 0) is 19.2 Å². The zero-order chi connectivity index (χ0) is 11.8. The van der Waals surface area contributed by atoms with Gasteiger partial charge in [-0.2, -0.15) is 5.26 Å². The Morgan fingerprint density at radius 1 is 1.40 bits per heavy atom. The molecule has 5 nitrogen and oxygen atoms in total. The molecule has 82 valence electrons. The molecule has 0 bridgehead atoms. The molecule has 0 heterocycles. The Bertz CT molecular complexity index is 314. The van der Waals surface area contributed by atoms with Gasteiger partial charge in [0.2, 0.25) is 0 Å². The Morgan fingerprint density at radius 3 is 2.47 bits per heavy atom. The predicted octanol–water partition coefficient (Wildman–Crippen LogP) is 1.23. The first-order valence-corrected chi connectivity index (χ1v) is 4.04. The van der Waals surface area contributed by atoms with E-state index in [4.69, 9.17) is 5.26 Å². The van der Waals surface area contributed by atoms with Crippen LogP contribution in [0, 0.1) is 0 Å². The summed E-state index contributed by atoms with van der Waals surface area (Å²) in [5.41, 5.74) is 0.0257. The van der Waals surface area contributed by atoms with Crippen LogP contribution in [0.2, 0.25) is 0 Å². The number of esters is 1. The molecule has 0 amide bonds. The van der Waals surface area contributed by atoms with Gasteiger partial charge in [-0.25, -0.2) is 9.59 Å². The second-order valence-corrected chi connectivity index (χ2v) is 2.62. The first-order chi connectivity index (χ1) is 7.02. The lowest BCUT2D eigenvalue weighted by atomic mass is 10.2. The minimum absolute atomic E-state index is 0.0141. The van der Waals surface area contributed by atoms with Gasteiger partial charge in [0, 0.05) is 5.57 Å². The Labute approximate surface area is 87.2 Å². The maximum Gasteiger partial charge on any atom is 0.368 e. The standard InChI is InChI=1S/C10H12O5/c1-4-5-14-9(11)7(2)6-8(3)10(12)15-13/h4,6,13H,1-2,5H2,3H3. The van der Waals surface area contributed by atoms with E-state index in [1.54, 1.807) is 0 Å². The molecule has 0 aromatic rings. The number of rotatable bonds is 5. The van der Waals surface area contributed by atoms with Crippen LogP contribution in [-0.4, -0.2) is 23.8 Å². The Balaban J connectivity index is 4.40. The molecule has 0 atom stereocenters. The number of carbonyl (C=O) groups excluding carboxylic acids is 2. The van der Waals surface area contributed by atoms with E-state index >= 15 is 0 Å². The topological polar surface area (TPSA) is 72.8 Å². The third kappa shape index (κ3) is 4.78. The van der Waals surface area contributed by atoms with Crippen molar-refractivity contribution in [1.29, 1.82) is 0 Å². The predicted molar refractivity (Wildman–Crippen MR) is 52.8 cm³/mol. The van der Waals surface area contributed by atoms with E-state index in [-0.39, 0.29) is 17.8 Å². The molecule has 0 radical (unpaired) electrons. The molecule has 0 unspecified atom stereocenters. The lowest BCUT2D eigenvalue weighted by Gasteiger charge is -2.01. The van der Waals surface area contributed by atoms with Gasteiger partial charge in [0.25, 0.3) is 0 Å². The molecule has 1 N–H and O–H groups in total. The molecule has 0 spiro atoms. The van der Waals surface area contributed by atoms with Crippen molar-refractivity contribution in [3.63, 3.8) is 0 Å². The van der Waals surface area contributed by atoms with E-state index in [1.807, 2.05) is 0 Å². The first-order valence-electron chi connectivity index (χ1n) is 4.04. The second-order valence-electron chi connectivity index (χ2n) is 2.62. The largest absolute Gasteiger partial charge is 0.458 e. The minimum atomic E-state index is -0.951. The molecule has 0 aromatic carbocycles. The highest BCUT2D eigenvalue weighted by Gasteiger charge is 2.10. The fourth-order valence-electron chi connectivity index (χ4n) is 0.679. The van der Waals surface area contributed by atoms with E-state index in [1.165, 1.54) is 13.0 Å². The smallest absolute Gasteiger partial charge is 0.368 e. The molecule has 0 aliphatic heterocycles. The van der Waals surface area contributed by atoms with Crippen molar-refractivity contribution >= 4 is 11.9 Å². The molecular formula is C10H12O5. The highest BCUT2D eigenvalue weighted by atomic mass is 17.1. The zero-order valence-corrected chi connectivity index (χ0v) is 8.36. The Hall–Kier alpha value is -1.88. The van der Waals surface area contributed by atoms with Crippen molar-refractivity contribution < 1.29 is 24.5 Å². The van der Waals surface area contributed by atoms with Gasteiger partial charge in [0.1, 0.15) is 6.61 Å². The SMILES string of the molecule is C=CCOC(=O)C(=C)C=C(C)C(=O)OO. The van der Waals surface area contributed by atoms with E-state index in [9.17, 15) is 9.59 Å². The summed E-state index contributed by atoms with van der Waals surface area (Å²) in [4.78, 5) is 25.3. The van der Waals surface area contributed by atoms with Crippen LogP contribution >= 0.6 is 0 Å². The van der Waals surface area contributed by atoms with Gasteiger partial charge in [-0.05, 0) is 13.0 Å². The normalized spacial score (nSPS) is 10.4. The van der Waals surface area contributed by atoms with Gasteiger partial charge in [0.15, 0.2) is 0 Å². The Morgan fingerprint density at radius 2 is 2.00 bits per heavy atom. The molecular weight excluding hydrogens is 200 g/mol. The average molecular weight is 212 g/mol. The van der Waals surface area contributed by atoms with E-state index in [0.717, 1.165) is 6.08 Å². The van der Waals surface area contributed by atoms with Gasteiger partial charge >= 0.3 is 11.9 Å². The van der Waals surface area contributed by atoms with Crippen LogP contribution in [0.5, 0.6) is 0 Å². The second kappa shape index (κ2) is 6.56. The van der Waals surface area contributed by atoms with Crippen LogP contribution in [0.15, 0.2) is 36.5 Å². The fraction of sp³-hybridized carbons (Fsp3) is 0.200. The van der Waals surface area contributed by atoms with Crippen molar-refractivity contribution in [2.75, 3.05) is 6.61 Å². The van der Waals surface area contributed by atoms with Crippen molar-refractivity contribution in [2.24, 2.45) is 0 Å². The molecule has 0 rings (SSSR count). The summed E-state index contributed by atoms with van der Waals surface area (Å²) < 4.78 is 4.65. The summed E-state index contributed by atoms with van der Waals surface area (Å²) in [7, 11) is 0. The zero-order valence-electron chi connectivity index (χ0n) is 8.36. The average Bonchev–Trinajstić information content (AvgIpc) is 2.24. The van der Waals surface area contributed by atoms with Crippen LogP contribution in [0.3, 0.4) is 0 Å². The summed E-state index contributed by atoms with van der Waals surface area (Å²) in [6.07, 6.45) is 2.56. The summed E-state index contributed by atoms with van der Waals surface area (Å²) in [5.74, 6) is -1.62. The molecule has 5 heteroatoms. The summed E-state index contributed by atoms with van der Waals surface area (Å²) in [6, 6.07) is 0.